The Balaban J connectivity index is 1.88. The molecule has 0 aliphatic carbocycles. The molecule has 2 aliphatic rings. The highest BCUT2D eigenvalue weighted by molar-refractivity contribution is 7.82. The molecule has 0 saturated carbocycles. The fourth-order valence-electron chi connectivity index (χ4n) is 2.13. The molecule has 4 nitrogen and oxygen atoms in total. The Morgan fingerprint density at radius 1 is 1.18 bits per heavy atom. The Bertz CT molecular complexity index is 469. The molecule has 1 aromatic carbocycles. The maximum absolute atomic E-state index is 12.4. The molecule has 5 heteroatoms. The lowest BCUT2D eigenvalue weighted by molar-refractivity contribution is 0.0926. The predicted molar refractivity (Wildman–Crippen MR) is 68.2 cm³/mol. The molecular formula is C12H15N3OS. The quantitative estimate of drug-likeness (QED) is 0.800. The van der Waals surface area contributed by atoms with Crippen molar-refractivity contribution in [1.82, 2.24) is 14.7 Å². The molecule has 3 rings (SSSR count). The van der Waals surface area contributed by atoms with Crippen LogP contribution in [0.15, 0.2) is 35.4 Å². The minimum absolute atomic E-state index is 0.897. The molecule has 1 aromatic rings. The number of nitrogens with one attached hydrogen (secondary N) is 1. The molecule has 0 bridgehead atoms. The fraction of sp³-hybridized carbons (Fsp3) is 0.333. The monoisotopic (exact) mass is 249 g/mol. The van der Waals surface area contributed by atoms with Crippen LogP contribution in [0.3, 0.4) is 0 Å². The van der Waals surface area contributed by atoms with E-state index < -0.39 is 11.0 Å². The zero-order chi connectivity index (χ0) is 11.7. The van der Waals surface area contributed by atoms with Crippen molar-refractivity contribution < 1.29 is 4.21 Å². The van der Waals surface area contributed by atoms with Crippen molar-refractivity contribution in [2.24, 2.45) is 0 Å². The molecule has 1 unspecified atom stereocenters. The molecule has 1 fully saturated rings. The number of rotatable bonds is 1. The minimum Gasteiger partial charge on any atom is -0.314 e. The third-order valence-corrected chi connectivity index (χ3v) is 4.47. The molecule has 2 aliphatic heterocycles. The lowest BCUT2D eigenvalue weighted by Gasteiger charge is -2.37. The normalized spacial score (nSPS) is 24.7. The second kappa shape index (κ2) is 4.60. The van der Waals surface area contributed by atoms with Gasteiger partial charge in [-0.3, -0.25) is 0 Å². The van der Waals surface area contributed by atoms with Crippen LogP contribution in [0, 0.1) is 0 Å². The summed E-state index contributed by atoms with van der Waals surface area (Å²) in [5.74, 6) is 0. The Labute approximate surface area is 103 Å². The van der Waals surface area contributed by atoms with Crippen LogP contribution in [0.25, 0.3) is 6.08 Å². The highest BCUT2D eigenvalue weighted by atomic mass is 32.2. The van der Waals surface area contributed by atoms with Crippen LogP contribution in [0.2, 0.25) is 0 Å². The van der Waals surface area contributed by atoms with E-state index >= 15 is 0 Å². The summed E-state index contributed by atoms with van der Waals surface area (Å²) in [6.45, 7) is 3.70. The molecule has 1 saturated heterocycles. The highest BCUT2D eigenvalue weighted by Gasteiger charge is 2.24. The van der Waals surface area contributed by atoms with Gasteiger partial charge in [-0.15, -0.1) is 0 Å². The van der Waals surface area contributed by atoms with Gasteiger partial charge in [0.05, 0.1) is 4.90 Å². The smallest absolute Gasteiger partial charge is 0.167 e. The summed E-state index contributed by atoms with van der Waals surface area (Å²) in [6, 6.07) is 7.84. The van der Waals surface area contributed by atoms with Crippen LogP contribution in [-0.2, 0) is 11.0 Å². The number of hydrogen-bond donors (Lipinski definition) is 1. The van der Waals surface area contributed by atoms with Crippen molar-refractivity contribution in [2.75, 3.05) is 26.2 Å². The molecule has 0 amide bonds. The van der Waals surface area contributed by atoms with E-state index in [-0.39, 0.29) is 0 Å². The first-order chi connectivity index (χ1) is 8.36. The topological polar surface area (TPSA) is 35.6 Å². The van der Waals surface area contributed by atoms with Gasteiger partial charge in [0.2, 0.25) is 0 Å². The van der Waals surface area contributed by atoms with Gasteiger partial charge in [0.1, 0.15) is 0 Å². The summed E-state index contributed by atoms with van der Waals surface area (Å²) in [5, 5.41) is 5.43. The standard InChI is InChI=1S/C12H15N3OS/c16-17-12-4-2-1-3-11(12)5-8-15(17)14-9-6-13-7-10-14/h1-5,8,13H,6-7,9-10H2. The molecule has 2 heterocycles. The molecular weight excluding hydrogens is 234 g/mol. The van der Waals surface area contributed by atoms with E-state index in [1.54, 1.807) is 0 Å². The van der Waals surface area contributed by atoms with Gasteiger partial charge < -0.3 is 5.32 Å². The van der Waals surface area contributed by atoms with Crippen molar-refractivity contribution in [1.29, 1.82) is 0 Å². The maximum atomic E-state index is 12.4. The van der Waals surface area contributed by atoms with Crippen LogP contribution in [-0.4, -0.2) is 39.8 Å². The summed E-state index contributed by atoms with van der Waals surface area (Å²) >= 11 is 0. The van der Waals surface area contributed by atoms with E-state index in [4.69, 9.17) is 0 Å². The lowest BCUT2D eigenvalue weighted by Crippen LogP contribution is -2.51. The summed E-state index contributed by atoms with van der Waals surface area (Å²) in [5.41, 5.74) is 1.05. The molecule has 1 N–H and O–H groups in total. The third kappa shape index (κ3) is 2.01. The van der Waals surface area contributed by atoms with Crippen LogP contribution >= 0.6 is 0 Å². The Kier molecular flexibility index (Phi) is 2.96. The highest BCUT2D eigenvalue weighted by Crippen LogP contribution is 2.24. The van der Waals surface area contributed by atoms with Crippen molar-refractivity contribution in [3.8, 4) is 0 Å². The summed E-state index contributed by atoms with van der Waals surface area (Å²) in [4.78, 5) is 0.897. The van der Waals surface area contributed by atoms with Crippen molar-refractivity contribution >= 4 is 17.1 Å². The van der Waals surface area contributed by atoms with Gasteiger partial charge >= 0.3 is 0 Å². The van der Waals surface area contributed by atoms with Gasteiger partial charge in [0.25, 0.3) is 0 Å². The van der Waals surface area contributed by atoms with Crippen molar-refractivity contribution in [3.05, 3.63) is 36.0 Å². The van der Waals surface area contributed by atoms with E-state index in [0.717, 1.165) is 36.6 Å². The first kappa shape index (κ1) is 11.0. The largest absolute Gasteiger partial charge is 0.314 e. The van der Waals surface area contributed by atoms with E-state index in [1.807, 2.05) is 41.0 Å². The summed E-state index contributed by atoms with van der Waals surface area (Å²) < 4.78 is 14.3. The average Bonchev–Trinajstić information content (AvgIpc) is 2.40. The van der Waals surface area contributed by atoms with Crippen molar-refractivity contribution in [2.45, 2.75) is 4.90 Å². The zero-order valence-corrected chi connectivity index (χ0v) is 10.3. The first-order valence-corrected chi connectivity index (χ1v) is 6.91. The summed E-state index contributed by atoms with van der Waals surface area (Å²) in [7, 11) is -1.11. The van der Waals surface area contributed by atoms with Gasteiger partial charge in [-0.25, -0.2) is 13.6 Å². The molecule has 1 atom stereocenters. The van der Waals surface area contributed by atoms with Gasteiger partial charge in [0, 0.05) is 32.4 Å². The average molecular weight is 249 g/mol. The molecule has 90 valence electrons. The van der Waals surface area contributed by atoms with E-state index in [2.05, 4.69) is 10.3 Å². The number of piperazine rings is 1. The number of nitrogens with zero attached hydrogens (tertiary/aromatic N) is 2. The maximum Gasteiger partial charge on any atom is 0.167 e. The van der Waals surface area contributed by atoms with Gasteiger partial charge in [-0.1, -0.05) is 18.2 Å². The number of fused-ring (bicyclic) bond motifs is 1. The molecule has 0 aromatic heterocycles. The Hall–Kier alpha value is -1.17. The summed E-state index contributed by atoms with van der Waals surface area (Å²) in [6.07, 6.45) is 3.95. The van der Waals surface area contributed by atoms with Gasteiger partial charge in [-0.05, 0) is 17.7 Å². The van der Waals surface area contributed by atoms with Crippen LogP contribution in [0.1, 0.15) is 5.56 Å². The zero-order valence-electron chi connectivity index (χ0n) is 9.50. The van der Waals surface area contributed by atoms with E-state index in [1.165, 1.54) is 0 Å². The second-order valence-corrected chi connectivity index (χ2v) is 5.42. The Morgan fingerprint density at radius 3 is 2.76 bits per heavy atom. The number of hydrogen-bond acceptors (Lipinski definition) is 3. The minimum atomic E-state index is -1.11. The molecule has 17 heavy (non-hydrogen) atoms. The SMILES string of the molecule is O=S1c2ccccc2C=CN1N1CCNCC1. The predicted octanol–water partition coefficient (Wildman–Crippen LogP) is 0.816. The van der Waals surface area contributed by atoms with E-state index in [0.29, 0.717) is 0 Å². The molecule has 0 radical (unpaired) electrons. The first-order valence-electron chi connectivity index (χ1n) is 5.80. The van der Waals surface area contributed by atoms with Crippen LogP contribution in [0.4, 0.5) is 0 Å². The fourth-order valence-corrected chi connectivity index (χ4v) is 3.41. The number of hydrazine groups is 1. The number of benzene rings is 1. The van der Waals surface area contributed by atoms with Crippen molar-refractivity contribution in [3.63, 3.8) is 0 Å². The third-order valence-electron chi connectivity index (χ3n) is 3.03. The molecule has 0 spiro atoms. The second-order valence-electron chi connectivity index (χ2n) is 4.11. The van der Waals surface area contributed by atoms with Gasteiger partial charge in [-0.2, -0.15) is 0 Å². The van der Waals surface area contributed by atoms with Crippen LogP contribution < -0.4 is 5.32 Å². The van der Waals surface area contributed by atoms with E-state index in [9.17, 15) is 4.21 Å². The van der Waals surface area contributed by atoms with Gasteiger partial charge in [0.15, 0.2) is 11.0 Å². The van der Waals surface area contributed by atoms with Crippen LogP contribution in [0.5, 0.6) is 0 Å². The Morgan fingerprint density at radius 2 is 1.94 bits per heavy atom. The lowest BCUT2D eigenvalue weighted by atomic mass is 10.2.